The SMILES string of the molecule is CC(C)(C(=O)O)C1CCCN(C(=O)NCC(F)F)C1. The van der Waals surface area contributed by atoms with E-state index in [2.05, 4.69) is 5.32 Å². The minimum Gasteiger partial charge on any atom is -0.481 e. The van der Waals surface area contributed by atoms with Crippen molar-refractivity contribution in [3.8, 4) is 0 Å². The molecule has 1 atom stereocenters. The van der Waals surface area contributed by atoms with Crippen molar-refractivity contribution in [2.75, 3.05) is 19.6 Å². The molecule has 1 rings (SSSR count). The minimum atomic E-state index is -2.58. The summed E-state index contributed by atoms with van der Waals surface area (Å²) in [5.74, 6) is -1.08. The molecular weight excluding hydrogens is 258 g/mol. The van der Waals surface area contributed by atoms with Crippen molar-refractivity contribution in [1.82, 2.24) is 10.2 Å². The lowest BCUT2D eigenvalue weighted by Crippen LogP contribution is -2.50. The van der Waals surface area contributed by atoms with Gasteiger partial charge in [-0.3, -0.25) is 4.79 Å². The first-order valence-electron chi connectivity index (χ1n) is 6.29. The number of nitrogens with zero attached hydrogens (tertiary/aromatic N) is 1. The molecule has 1 aliphatic rings. The number of carboxylic acids is 1. The molecule has 5 nitrogen and oxygen atoms in total. The first-order chi connectivity index (χ1) is 8.75. The molecule has 0 saturated carbocycles. The van der Waals surface area contributed by atoms with E-state index in [1.165, 1.54) is 4.90 Å². The summed E-state index contributed by atoms with van der Waals surface area (Å²) >= 11 is 0. The zero-order valence-electron chi connectivity index (χ0n) is 11.2. The van der Waals surface area contributed by atoms with Crippen molar-refractivity contribution >= 4 is 12.0 Å². The van der Waals surface area contributed by atoms with Crippen LogP contribution < -0.4 is 5.32 Å². The summed E-state index contributed by atoms with van der Waals surface area (Å²) in [4.78, 5) is 24.3. The Morgan fingerprint density at radius 2 is 2.11 bits per heavy atom. The van der Waals surface area contributed by atoms with Crippen LogP contribution in [0.5, 0.6) is 0 Å². The van der Waals surface area contributed by atoms with Crippen LogP contribution in [-0.4, -0.2) is 48.1 Å². The van der Waals surface area contributed by atoms with Crippen molar-refractivity contribution < 1.29 is 23.5 Å². The van der Waals surface area contributed by atoms with Crippen molar-refractivity contribution in [1.29, 1.82) is 0 Å². The topological polar surface area (TPSA) is 69.6 Å². The molecule has 110 valence electrons. The van der Waals surface area contributed by atoms with E-state index in [0.717, 1.165) is 6.42 Å². The fraction of sp³-hybridized carbons (Fsp3) is 0.833. The number of nitrogens with one attached hydrogen (secondary N) is 1. The number of aliphatic carboxylic acids is 1. The van der Waals surface area contributed by atoms with Crippen LogP contribution in [0.4, 0.5) is 13.6 Å². The van der Waals surface area contributed by atoms with Crippen LogP contribution in [0.15, 0.2) is 0 Å². The van der Waals surface area contributed by atoms with Crippen LogP contribution >= 0.6 is 0 Å². The van der Waals surface area contributed by atoms with E-state index in [0.29, 0.717) is 13.0 Å². The van der Waals surface area contributed by atoms with Crippen LogP contribution in [0.25, 0.3) is 0 Å². The molecule has 0 radical (unpaired) electrons. The molecule has 0 spiro atoms. The first-order valence-corrected chi connectivity index (χ1v) is 6.29. The molecule has 1 saturated heterocycles. The van der Waals surface area contributed by atoms with Gasteiger partial charge in [0.25, 0.3) is 6.43 Å². The van der Waals surface area contributed by atoms with Gasteiger partial charge in [0.1, 0.15) is 0 Å². The lowest BCUT2D eigenvalue weighted by molar-refractivity contribution is -0.151. The Labute approximate surface area is 111 Å². The van der Waals surface area contributed by atoms with E-state index in [1.807, 2.05) is 0 Å². The molecule has 2 N–H and O–H groups in total. The third-order valence-electron chi connectivity index (χ3n) is 3.69. The molecule has 19 heavy (non-hydrogen) atoms. The average molecular weight is 278 g/mol. The summed E-state index contributed by atoms with van der Waals surface area (Å²) in [7, 11) is 0. The second kappa shape index (κ2) is 6.16. The van der Waals surface area contributed by atoms with Crippen molar-refractivity contribution in [3.63, 3.8) is 0 Å². The highest BCUT2D eigenvalue weighted by atomic mass is 19.3. The molecular formula is C12H20F2N2O3. The number of likely N-dealkylation sites (tertiary alicyclic amines) is 1. The molecule has 7 heteroatoms. The van der Waals surface area contributed by atoms with Crippen LogP contribution in [0.2, 0.25) is 0 Å². The van der Waals surface area contributed by atoms with Gasteiger partial charge >= 0.3 is 12.0 Å². The second-order valence-electron chi connectivity index (χ2n) is 5.39. The molecule has 1 aliphatic heterocycles. The van der Waals surface area contributed by atoms with Gasteiger partial charge in [0, 0.05) is 13.1 Å². The number of hydrogen-bond acceptors (Lipinski definition) is 2. The predicted molar refractivity (Wildman–Crippen MR) is 65.1 cm³/mol. The van der Waals surface area contributed by atoms with Gasteiger partial charge in [-0.05, 0) is 32.6 Å². The predicted octanol–water partition coefficient (Wildman–Crippen LogP) is 1.78. The highest BCUT2D eigenvalue weighted by molar-refractivity contribution is 5.76. The maximum Gasteiger partial charge on any atom is 0.317 e. The summed E-state index contributed by atoms with van der Waals surface area (Å²) in [5.41, 5.74) is -0.929. The van der Waals surface area contributed by atoms with Gasteiger partial charge in [-0.15, -0.1) is 0 Å². The van der Waals surface area contributed by atoms with Gasteiger partial charge < -0.3 is 15.3 Å². The number of amides is 2. The van der Waals surface area contributed by atoms with Crippen molar-refractivity contribution in [3.05, 3.63) is 0 Å². The van der Waals surface area contributed by atoms with Crippen LogP contribution in [-0.2, 0) is 4.79 Å². The number of halogens is 2. The van der Waals surface area contributed by atoms with Gasteiger partial charge in [-0.2, -0.15) is 0 Å². The number of piperidine rings is 1. The number of alkyl halides is 2. The molecule has 0 aliphatic carbocycles. The van der Waals surface area contributed by atoms with E-state index in [-0.39, 0.29) is 12.5 Å². The number of rotatable bonds is 4. The van der Waals surface area contributed by atoms with Crippen LogP contribution in [0.3, 0.4) is 0 Å². The van der Waals surface area contributed by atoms with Gasteiger partial charge in [0.2, 0.25) is 0 Å². The standard InChI is InChI=1S/C12H20F2N2O3/c1-12(2,10(17)18)8-4-3-5-16(7-8)11(19)15-6-9(13)14/h8-9H,3-7H2,1-2H3,(H,15,19)(H,17,18). The highest BCUT2D eigenvalue weighted by Crippen LogP contribution is 2.34. The number of hydrogen-bond donors (Lipinski definition) is 2. The van der Waals surface area contributed by atoms with E-state index in [9.17, 15) is 23.5 Å². The van der Waals surface area contributed by atoms with Gasteiger partial charge in [-0.25, -0.2) is 13.6 Å². The molecule has 1 unspecified atom stereocenters. The Kier molecular flexibility index (Phi) is 5.08. The van der Waals surface area contributed by atoms with Crippen LogP contribution in [0, 0.1) is 11.3 Å². The Balaban J connectivity index is 2.59. The second-order valence-corrected chi connectivity index (χ2v) is 5.39. The first kappa shape index (κ1) is 15.7. The summed E-state index contributed by atoms with van der Waals surface area (Å²) in [5, 5.41) is 11.3. The summed E-state index contributed by atoms with van der Waals surface area (Å²) in [6, 6.07) is -0.550. The molecule has 0 bridgehead atoms. The van der Waals surface area contributed by atoms with E-state index >= 15 is 0 Å². The largest absolute Gasteiger partial charge is 0.481 e. The molecule has 2 amide bonds. The van der Waals surface area contributed by atoms with E-state index < -0.39 is 30.4 Å². The summed E-state index contributed by atoms with van der Waals surface area (Å²) in [6.45, 7) is 3.33. The molecule has 1 fully saturated rings. The van der Waals surface area contributed by atoms with Gasteiger partial charge in [0.05, 0.1) is 12.0 Å². The molecule has 0 aromatic heterocycles. The van der Waals surface area contributed by atoms with E-state index in [4.69, 9.17) is 0 Å². The Bertz CT molecular complexity index is 348. The molecule has 1 heterocycles. The average Bonchev–Trinajstić information content (AvgIpc) is 2.35. The zero-order chi connectivity index (χ0) is 14.6. The van der Waals surface area contributed by atoms with Crippen molar-refractivity contribution in [2.24, 2.45) is 11.3 Å². The quantitative estimate of drug-likeness (QED) is 0.823. The number of urea groups is 1. The monoisotopic (exact) mass is 278 g/mol. The van der Waals surface area contributed by atoms with Gasteiger partial charge in [0.15, 0.2) is 0 Å². The van der Waals surface area contributed by atoms with E-state index in [1.54, 1.807) is 13.8 Å². The minimum absolute atomic E-state index is 0.170. The third-order valence-corrected chi connectivity index (χ3v) is 3.69. The number of carbonyl (C=O) groups excluding carboxylic acids is 1. The fourth-order valence-corrected chi connectivity index (χ4v) is 2.20. The fourth-order valence-electron chi connectivity index (χ4n) is 2.20. The third kappa shape index (κ3) is 4.04. The Hall–Kier alpha value is -1.40. The molecule has 0 aromatic rings. The maximum absolute atomic E-state index is 12.0. The molecule has 0 aromatic carbocycles. The Morgan fingerprint density at radius 3 is 2.63 bits per heavy atom. The zero-order valence-corrected chi connectivity index (χ0v) is 11.2. The lowest BCUT2D eigenvalue weighted by Gasteiger charge is -2.39. The smallest absolute Gasteiger partial charge is 0.317 e. The highest BCUT2D eigenvalue weighted by Gasteiger charge is 2.40. The maximum atomic E-state index is 12.0. The summed E-state index contributed by atoms with van der Waals surface area (Å²) < 4.78 is 24.0. The number of carboxylic acid groups (broad SMARTS) is 1. The lowest BCUT2D eigenvalue weighted by atomic mass is 9.74. The Morgan fingerprint density at radius 1 is 1.47 bits per heavy atom. The normalized spacial score (nSPS) is 20.5. The number of carbonyl (C=O) groups is 2. The van der Waals surface area contributed by atoms with Gasteiger partial charge in [-0.1, -0.05) is 0 Å². The summed E-state index contributed by atoms with van der Waals surface area (Å²) in [6.07, 6.45) is -1.18. The van der Waals surface area contributed by atoms with Crippen LogP contribution in [0.1, 0.15) is 26.7 Å². The van der Waals surface area contributed by atoms with Crippen molar-refractivity contribution in [2.45, 2.75) is 33.1 Å².